The zero-order valence-electron chi connectivity index (χ0n) is 9.23. The number of nitrogens with one attached hydrogen (secondary N) is 1. The summed E-state index contributed by atoms with van der Waals surface area (Å²) in [6.45, 7) is 5.78. The fourth-order valence-corrected chi connectivity index (χ4v) is 2.84. The fraction of sp³-hybridized carbons (Fsp3) is 1.00. The van der Waals surface area contributed by atoms with Crippen molar-refractivity contribution in [3.05, 3.63) is 0 Å². The maximum Gasteiger partial charge on any atom is 0.0281 e. The molecule has 1 N–H and O–H groups in total. The van der Waals surface area contributed by atoms with Gasteiger partial charge in [-0.3, -0.25) is 0 Å². The molecule has 78 valence electrons. The Morgan fingerprint density at radius 3 is 2.54 bits per heavy atom. The third-order valence-electron chi connectivity index (χ3n) is 3.19. The zero-order valence-corrected chi connectivity index (χ0v) is 10.0. The minimum absolute atomic E-state index is 0.599. The second-order valence-electron chi connectivity index (χ2n) is 4.31. The first-order chi connectivity index (χ1) is 6.22. The van der Waals surface area contributed by atoms with E-state index < -0.39 is 0 Å². The maximum atomic E-state index is 3.66. The van der Waals surface area contributed by atoms with Crippen molar-refractivity contribution in [1.29, 1.82) is 0 Å². The second kappa shape index (κ2) is 5.26. The largest absolute Gasteiger partial charge is 0.313 e. The quantitative estimate of drug-likeness (QED) is 0.709. The summed E-state index contributed by atoms with van der Waals surface area (Å²) in [5, 5.41) is 3.66. The molecule has 0 aromatic rings. The van der Waals surface area contributed by atoms with Crippen molar-refractivity contribution in [2.45, 2.75) is 56.7 Å². The molecule has 1 aliphatic carbocycles. The maximum absolute atomic E-state index is 3.66. The van der Waals surface area contributed by atoms with Crippen LogP contribution in [0.25, 0.3) is 0 Å². The summed E-state index contributed by atoms with van der Waals surface area (Å²) in [4.78, 5) is 0. The lowest BCUT2D eigenvalue weighted by molar-refractivity contribution is 0.329. The van der Waals surface area contributed by atoms with Gasteiger partial charge in [-0.2, -0.15) is 11.8 Å². The predicted octanol–water partition coefficient (Wildman–Crippen LogP) is 3.05. The van der Waals surface area contributed by atoms with Crippen LogP contribution in [-0.4, -0.2) is 23.6 Å². The lowest BCUT2D eigenvalue weighted by Crippen LogP contribution is -2.45. The summed E-state index contributed by atoms with van der Waals surface area (Å²) in [5.74, 6) is 0. The Morgan fingerprint density at radius 1 is 1.46 bits per heavy atom. The highest BCUT2D eigenvalue weighted by atomic mass is 32.2. The van der Waals surface area contributed by atoms with Crippen molar-refractivity contribution < 1.29 is 0 Å². The molecule has 0 aromatic carbocycles. The Morgan fingerprint density at radius 2 is 2.15 bits per heavy atom. The Kier molecular flexibility index (Phi) is 4.60. The molecule has 0 saturated heterocycles. The van der Waals surface area contributed by atoms with Crippen LogP contribution in [0.5, 0.6) is 0 Å². The van der Waals surface area contributed by atoms with E-state index in [4.69, 9.17) is 0 Å². The van der Waals surface area contributed by atoms with E-state index in [1.807, 2.05) is 0 Å². The third kappa shape index (κ3) is 3.17. The van der Waals surface area contributed by atoms with Gasteiger partial charge in [0.05, 0.1) is 0 Å². The Labute approximate surface area is 87.1 Å². The molecule has 1 nitrogen and oxygen atoms in total. The Balaban J connectivity index is 2.16. The average Bonchev–Trinajstić information content (AvgIpc) is 2.04. The van der Waals surface area contributed by atoms with Gasteiger partial charge in [-0.05, 0) is 32.4 Å². The van der Waals surface area contributed by atoms with Crippen LogP contribution in [0.15, 0.2) is 0 Å². The van der Waals surface area contributed by atoms with E-state index in [9.17, 15) is 0 Å². The molecule has 0 heterocycles. The molecule has 0 bridgehead atoms. The van der Waals surface area contributed by atoms with E-state index in [1.54, 1.807) is 0 Å². The van der Waals surface area contributed by atoms with Gasteiger partial charge in [-0.25, -0.2) is 0 Å². The van der Waals surface area contributed by atoms with Crippen LogP contribution in [0.4, 0.5) is 0 Å². The lowest BCUT2D eigenvalue weighted by atomic mass is 9.84. The standard InChI is InChI=1S/C11H23NS/c1-4-6-10(2)12-9-11(13-3)7-5-8-11/h10,12H,4-9H2,1-3H3. The summed E-state index contributed by atoms with van der Waals surface area (Å²) < 4.78 is 0.599. The van der Waals surface area contributed by atoms with Crippen LogP contribution in [0, 0.1) is 0 Å². The van der Waals surface area contributed by atoms with Gasteiger partial charge >= 0.3 is 0 Å². The van der Waals surface area contributed by atoms with Gasteiger partial charge in [0.15, 0.2) is 0 Å². The Hall–Kier alpha value is 0.310. The molecule has 1 saturated carbocycles. The van der Waals surface area contributed by atoms with E-state index in [0.717, 1.165) is 0 Å². The van der Waals surface area contributed by atoms with E-state index in [1.165, 1.54) is 38.6 Å². The Bertz CT molecular complexity index is 138. The van der Waals surface area contributed by atoms with Crippen LogP contribution >= 0.6 is 11.8 Å². The van der Waals surface area contributed by atoms with Crippen molar-refractivity contribution >= 4 is 11.8 Å². The second-order valence-corrected chi connectivity index (χ2v) is 5.59. The van der Waals surface area contributed by atoms with Gasteiger partial charge < -0.3 is 5.32 Å². The monoisotopic (exact) mass is 201 g/mol. The highest BCUT2D eigenvalue weighted by molar-refractivity contribution is 8.00. The van der Waals surface area contributed by atoms with Gasteiger partial charge in [0, 0.05) is 17.3 Å². The van der Waals surface area contributed by atoms with Crippen molar-refractivity contribution in [3.63, 3.8) is 0 Å². The summed E-state index contributed by atoms with van der Waals surface area (Å²) in [5.41, 5.74) is 0. The number of hydrogen-bond acceptors (Lipinski definition) is 2. The normalized spacial score (nSPS) is 22.4. The van der Waals surface area contributed by atoms with E-state index in [0.29, 0.717) is 10.8 Å². The van der Waals surface area contributed by atoms with Gasteiger partial charge in [-0.15, -0.1) is 0 Å². The molecular formula is C11H23NS. The first-order valence-corrected chi connectivity index (χ1v) is 6.73. The topological polar surface area (TPSA) is 12.0 Å². The van der Waals surface area contributed by atoms with Crippen molar-refractivity contribution in [2.24, 2.45) is 0 Å². The van der Waals surface area contributed by atoms with Crippen molar-refractivity contribution in [3.8, 4) is 0 Å². The SMILES string of the molecule is CCCC(C)NCC1(SC)CCC1. The molecule has 1 atom stereocenters. The minimum Gasteiger partial charge on any atom is -0.313 e. The molecular weight excluding hydrogens is 178 g/mol. The molecule has 1 rings (SSSR count). The van der Waals surface area contributed by atoms with Crippen LogP contribution in [-0.2, 0) is 0 Å². The summed E-state index contributed by atoms with van der Waals surface area (Å²) >= 11 is 2.06. The molecule has 13 heavy (non-hydrogen) atoms. The molecule has 1 unspecified atom stereocenters. The molecule has 0 amide bonds. The van der Waals surface area contributed by atoms with E-state index in [2.05, 4.69) is 37.2 Å². The number of thioether (sulfide) groups is 1. The molecule has 0 radical (unpaired) electrons. The number of hydrogen-bond donors (Lipinski definition) is 1. The van der Waals surface area contributed by atoms with Crippen LogP contribution in [0.1, 0.15) is 46.0 Å². The van der Waals surface area contributed by atoms with Crippen molar-refractivity contribution in [2.75, 3.05) is 12.8 Å². The minimum atomic E-state index is 0.599. The van der Waals surface area contributed by atoms with Gasteiger partial charge in [0.2, 0.25) is 0 Å². The van der Waals surface area contributed by atoms with Crippen LogP contribution in [0.3, 0.4) is 0 Å². The molecule has 0 spiro atoms. The zero-order chi connectivity index (χ0) is 9.73. The van der Waals surface area contributed by atoms with Crippen molar-refractivity contribution in [1.82, 2.24) is 5.32 Å². The average molecular weight is 201 g/mol. The van der Waals surface area contributed by atoms with Gasteiger partial charge in [0.25, 0.3) is 0 Å². The lowest BCUT2D eigenvalue weighted by Gasteiger charge is -2.41. The molecule has 2 heteroatoms. The molecule has 0 aliphatic heterocycles. The first kappa shape index (κ1) is 11.4. The molecule has 1 aliphatic rings. The fourth-order valence-electron chi connectivity index (χ4n) is 1.92. The highest BCUT2D eigenvalue weighted by Crippen LogP contribution is 2.42. The summed E-state index contributed by atoms with van der Waals surface area (Å²) in [7, 11) is 0. The smallest absolute Gasteiger partial charge is 0.0281 e. The molecule has 1 fully saturated rings. The van der Waals surface area contributed by atoms with Gasteiger partial charge in [-0.1, -0.05) is 19.8 Å². The number of rotatable bonds is 6. The predicted molar refractivity (Wildman–Crippen MR) is 62.5 cm³/mol. The van der Waals surface area contributed by atoms with E-state index >= 15 is 0 Å². The van der Waals surface area contributed by atoms with E-state index in [-0.39, 0.29) is 0 Å². The third-order valence-corrected chi connectivity index (χ3v) is 4.61. The van der Waals surface area contributed by atoms with Crippen LogP contribution < -0.4 is 5.32 Å². The van der Waals surface area contributed by atoms with Crippen LogP contribution in [0.2, 0.25) is 0 Å². The molecule has 0 aromatic heterocycles. The summed E-state index contributed by atoms with van der Waals surface area (Å²) in [6.07, 6.45) is 9.13. The first-order valence-electron chi connectivity index (χ1n) is 5.51. The summed E-state index contributed by atoms with van der Waals surface area (Å²) in [6, 6.07) is 0.703. The van der Waals surface area contributed by atoms with Gasteiger partial charge in [0.1, 0.15) is 0 Å². The highest BCUT2D eigenvalue weighted by Gasteiger charge is 2.35.